The van der Waals surface area contributed by atoms with Crippen molar-refractivity contribution in [3.05, 3.63) is 40.7 Å². The third-order valence-electron chi connectivity index (χ3n) is 4.95. The molecule has 1 atom stereocenters. The average molecular weight is 441 g/mol. The van der Waals surface area contributed by atoms with Crippen LogP contribution in [0, 0.1) is 13.8 Å². The van der Waals surface area contributed by atoms with E-state index < -0.39 is 16.1 Å². The number of benzene rings is 1. The third-order valence-corrected chi connectivity index (χ3v) is 7.41. The van der Waals surface area contributed by atoms with Gasteiger partial charge in [0.1, 0.15) is 6.04 Å². The van der Waals surface area contributed by atoms with Crippen molar-refractivity contribution in [3.8, 4) is 0 Å². The van der Waals surface area contributed by atoms with Crippen LogP contribution in [-0.4, -0.2) is 54.7 Å². The predicted molar refractivity (Wildman–Crippen MR) is 111 cm³/mol. The lowest BCUT2D eigenvalue weighted by molar-refractivity contribution is -0.119. The lowest BCUT2D eigenvalue weighted by Gasteiger charge is -2.26. The molecule has 1 N–H and O–H groups in total. The normalized spacial score (nSPS) is 16.6. The van der Waals surface area contributed by atoms with Gasteiger partial charge in [-0.3, -0.25) is 9.48 Å². The number of nitrogens with one attached hydrogen (secondary N) is 1. The van der Waals surface area contributed by atoms with Crippen molar-refractivity contribution in [1.29, 1.82) is 0 Å². The zero-order chi connectivity index (χ0) is 21.2. The Morgan fingerprint density at radius 3 is 2.38 bits per heavy atom. The SMILES string of the molecule is CCC(C(=O)Nc1ccc(S(=O)(=O)N2CCOCC2)cc1)n1nc(C)c(Cl)c1C. The van der Waals surface area contributed by atoms with E-state index in [1.807, 2.05) is 13.8 Å². The number of nitrogens with zero attached hydrogens (tertiary/aromatic N) is 3. The molecule has 0 bridgehead atoms. The number of aromatic nitrogens is 2. The van der Waals surface area contributed by atoms with Gasteiger partial charge in [-0.15, -0.1) is 0 Å². The quantitative estimate of drug-likeness (QED) is 0.745. The molecule has 158 valence electrons. The largest absolute Gasteiger partial charge is 0.379 e. The van der Waals surface area contributed by atoms with E-state index in [1.165, 1.54) is 16.4 Å². The number of amides is 1. The molecule has 0 spiro atoms. The topological polar surface area (TPSA) is 93.5 Å². The van der Waals surface area contributed by atoms with E-state index in [0.717, 1.165) is 5.69 Å². The molecule has 1 aromatic carbocycles. The molecule has 8 nitrogen and oxygen atoms in total. The van der Waals surface area contributed by atoms with Crippen LogP contribution in [0.1, 0.15) is 30.8 Å². The predicted octanol–water partition coefficient (Wildman–Crippen LogP) is 2.76. The first-order chi connectivity index (χ1) is 13.8. The molecule has 1 aliphatic rings. The highest BCUT2D eigenvalue weighted by Crippen LogP contribution is 2.25. The van der Waals surface area contributed by atoms with Gasteiger partial charge in [-0.05, 0) is 44.5 Å². The number of sulfonamides is 1. The monoisotopic (exact) mass is 440 g/mol. The molecule has 0 saturated carbocycles. The van der Waals surface area contributed by atoms with Crippen LogP contribution in [0.4, 0.5) is 5.69 Å². The molecule has 0 radical (unpaired) electrons. The van der Waals surface area contributed by atoms with Crippen molar-refractivity contribution in [2.45, 2.75) is 38.1 Å². The maximum atomic E-state index is 12.8. The molecular formula is C19H25ClN4O4S. The summed E-state index contributed by atoms with van der Waals surface area (Å²) in [7, 11) is -3.57. The Morgan fingerprint density at radius 1 is 1.24 bits per heavy atom. The van der Waals surface area contributed by atoms with E-state index >= 15 is 0 Å². The second-order valence-corrected chi connectivity index (χ2v) is 9.20. The minimum absolute atomic E-state index is 0.190. The summed E-state index contributed by atoms with van der Waals surface area (Å²) in [5.74, 6) is -0.237. The highest BCUT2D eigenvalue weighted by atomic mass is 35.5. The fraction of sp³-hybridized carbons (Fsp3) is 0.474. The number of anilines is 1. The molecule has 1 amide bonds. The van der Waals surface area contributed by atoms with E-state index in [0.29, 0.717) is 49.1 Å². The Kier molecular flexibility index (Phi) is 6.62. The Bertz CT molecular complexity index is 982. The standard InChI is InChI=1S/C19H25ClN4O4S/c1-4-17(24-14(3)18(20)13(2)22-24)19(25)21-15-5-7-16(8-6-15)29(26,27)23-9-11-28-12-10-23/h5-8,17H,4,9-12H2,1-3H3,(H,21,25). The van der Waals surface area contributed by atoms with E-state index in [1.54, 1.807) is 23.7 Å². The fourth-order valence-electron chi connectivity index (χ4n) is 3.29. The van der Waals surface area contributed by atoms with Crippen molar-refractivity contribution in [3.63, 3.8) is 0 Å². The second kappa shape index (κ2) is 8.83. The number of aryl methyl sites for hydroxylation is 1. The van der Waals surface area contributed by atoms with E-state index in [-0.39, 0.29) is 10.8 Å². The van der Waals surface area contributed by atoms with Crippen molar-refractivity contribution < 1.29 is 17.9 Å². The Balaban J connectivity index is 1.74. The molecule has 2 aromatic rings. The maximum absolute atomic E-state index is 12.8. The van der Waals surface area contributed by atoms with Crippen LogP contribution in [0.2, 0.25) is 5.02 Å². The lowest BCUT2D eigenvalue weighted by Crippen LogP contribution is -2.40. The molecule has 1 saturated heterocycles. The van der Waals surface area contributed by atoms with Gasteiger partial charge in [0.25, 0.3) is 0 Å². The number of morpholine rings is 1. The summed E-state index contributed by atoms with van der Waals surface area (Å²) < 4.78 is 33.6. The number of rotatable bonds is 6. The first kappa shape index (κ1) is 21.8. The smallest absolute Gasteiger partial charge is 0.249 e. The van der Waals surface area contributed by atoms with Crippen LogP contribution in [0.15, 0.2) is 29.2 Å². The van der Waals surface area contributed by atoms with E-state index in [9.17, 15) is 13.2 Å². The van der Waals surface area contributed by atoms with Gasteiger partial charge in [-0.2, -0.15) is 9.40 Å². The lowest BCUT2D eigenvalue weighted by atomic mass is 10.2. The summed E-state index contributed by atoms with van der Waals surface area (Å²) in [6.07, 6.45) is 0.535. The minimum Gasteiger partial charge on any atom is -0.379 e. The van der Waals surface area contributed by atoms with Crippen LogP contribution in [0.25, 0.3) is 0 Å². The van der Waals surface area contributed by atoms with Crippen LogP contribution in [0.3, 0.4) is 0 Å². The summed E-state index contributed by atoms with van der Waals surface area (Å²) >= 11 is 6.20. The maximum Gasteiger partial charge on any atom is 0.249 e. The molecule has 29 heavy (non-hydrogen) atoms. The number of carbonyl (C=O) groups excluding carboxylic acids is 1. The van der Waals surface area contributed by atoms with Crippen molar-refractivity contribution >= 4 is 33.2 Å². The Morgan fingerprint density at radius 2 is 1.86 bits per heavy atom. The van der Waals surface area contributed by atoms with Gasteiger partial charge >= 0.3 is 0 Å². The zero-order valence-electron chi connectivity index (χ0n) is 16.7. The number of halogens is 1. The molecule has 2 heterocycles. The summed E-state index contributed by atoms with van der Waals surface area (Å²) in [6.45, 7) is 6.97. The van der Waals surface area contributed by atoms with Gasteiger partial charge in [0.15, 0.2) is 0 Å². The van der Waals surface area contributed by atoms with Crippen LogP contribution in [0.5, 0.6) is 0 Å². The second-order valence-electron chi connectivity index (χ2n) is 6.88. The van der Waals surface area contributed by atoms with Gasteiger partial charge in [-0.25, -0.2) is 8.42 Å². The summed E-state index contributed by atoms with van der Waals surface area (Å²) in [5, 5.41) is 7.75. The Labute approximate surface area is 175 Å². The Hall–Kier alpha value is -1.94. The first-order valence-electron chi connectivity index (χ1n) is 9.45. The van der Waals surface area contributed by atoms with Crippen molar-refractivity contribution in [2.75, 3.05) is 31.6 Å². The van der Waals surface area contributed by atoms with E-state index in [2.05, 4.69) is 10.4 Å². The van der Waals surface area contributed by atoms with Gasteiger partial charge in [0.2, 0.25) is 15.9 Å². The summed E-state index contributed by atoms with van der Waals surface area (Å²) in [6, 6.07) is 5.67. The first-order valence-corrected chi connectivity index (χ1v) is 11.3. The fourth-order valence-corrected chi connectivity index (χ4v) is 4.82. The van der Waals surface area contributed by atoms with Crippen molar-refractivity contribution in [1.82, 2.24) is 14.1 Å². The third kappa shape index (κ3) is 4.48. The molecule has 10 heteroatoms. The zero-order valence-corrected chi connectivity index (χ0v) is 18.3. The molecular weight excluding hydrogens is 416 g/mol. The number of hydrogen-bond acceptors (Lipinski definition) is 5. The van der Waals surface area contributed by atoms with Crippen LogP contribution >= 0.6 is 11.6 Å². The van der Waals surface area contributed by atoms with E-state index in [4.69, 9.17) is 16.3 Å². The van der Waals surface area contributed by atoms with Gasteiger partial charge < -0.3 is 10.1 Å². The molecule has 1 aromatic heterocycles. The minimum atomic E-state index is -3.57. The molecule has 1 fully saturated rings. The van der Waals surface area contributed by atoms with Crippen LogP contribution < -0.4 is 5.32 Å². The highest BCUT2D eigenvalue weighted by molar-refractivity contribution is 7.89. The summed E-state index contributed by atoms with van der Waals surface area (Å²) in [5.41, 5.74) is 1.92. The van der Waals surface area contributed by atoms with Crippen LogP contribution in [-0.2, 0) is 19.6 Å². The van der Waals surface area contributed by atoms with Gasteiger partial charge in [0, 0.05) is 18.8 Å². The number of ether oxygens (including phenoxy) is 1. The number of hydrogen-bond donors (Lipinski definition) is 1. The number of carbonyl (C=O) groups is 1. The molecule has 3 rings (SSSR count). The molecule has 0 aliphatic carbocycles. The van der Waals surface area contributed by atoms with Gasteiger partial charge in [0.05, 0.1) is 34.5 Å². The van der Waals surface area contributed by atoms with Gasteiger partial charge in [-0.1, -0.05) is 18.5 Å². The summed E-state index contributed by atoms with van der Waals surface area (Å²) in [4.78, 5) is 13.0. The molecule has 1 aliphatic heterocycles. The van der Waals surface area contributed by atoms with Crippen molar-refractivity contribution in [2.24, 2.45) is 0 Å². The average Bonchev–Trinajstić information content (AvgIpc) is 2.97. The highest BCUT2D eigenvalue weighted by Gasteiger charge is 2.27. The molecule has 1 unspecified atom stereocenters.